The summed E-state index contributed by atoms with van der Waals surface area (Å²) in [5, 5.41) is 3.54. The number of methoxy groups -OCH3 is 1. The summed E-state index contributed by atoms with van der Waals surface area (Å²) in [5.41, 5.74) is 0. The molecule has 1 fully saturated rings. The van der Waals surface area contributed by atoms with Crippen molar-refractivity contribution in [1.82, 2.24) is 4.98 Å². The van der Waals surface area contributed by atoms with Gasteiger partial charge in [0.05, 0.1) is 0 Å². The van der Waals surface area contributed by atoms with E-state index in [0.717, 1.165) is 24.8 Å². The number of hydrogen-bond acceptors (Lipinski definition) is 4. The molecule has 0 saturated carbocycles. The molecule has 1 aliphatic heterocycles. The van der Waals surface area contributed by atoms with Crippen molar-refractivity contribution >= 4 is 28.1 Å². The number of thiazole rings is 1. The van der Waals surface area contributed by atoms with Gasteiger partial charge in [0.25, 0.3) is 0 Å². The molecule has 2 heterocycles. The Labute approximate surface area is 99.0 Å². The predicted octanol–water partition coefficient (Wildman–Crippen LogP) is 2.66. The molecule has 1 saturated heterocycles. The first-order valence-electron chi connectivity index (χ1n) is 5.14. The van der Waals surface area contributed by atoms with E-state index in [4.69, 9.17) is 16.3 Å². The van der Waals surface area contributed by atoms with Gasteiger partial charge in [0.1, 0.15) is 5.15 Å². The molecule has 15 heavy (non-hydrogen) atoms. The molecule has 0 N–H and O–H groups in total. The molecular formula is C10H15ClN2OS. The van der Waals surface area contributed by atoms with E-state index >= 15 is 0 Å². The lowest BCUT2D eigenvalue weighted by atomic mass is 9.98. The third-order valence-electron chi connectivity index (χ3n) is 2.75. The molecule has 0 aliphatic carbocycles. The van der Waals surface area contributed by atoms with Crippen LogP contribution < -0.4 is 4.90 Å². The summed E-state index contributed by atoms with van der Waals surface area (Å²) in [6, 6.07) is 0. The second kappa shape index (κ2) is 5.14. The van der Waals surface area contributed by atoms with Crippen LogP contribution in [0.15, 0.2) is 5.38 Å². The summed E-state index contributed by atoms with van der Waals surface area (Å²) < 4.78 is 5.17. The Bertz CT molecular complexity index is 310. The van der Waals surface area contributed by atoms with E-state index in [0.29, 0.717) is 11.1 Å². The maximum atomic E-state index is 5.81. The van der Waals surface area contributed by atoms with Crippen LogP contribution in [-0.2, 0) is 4.74 Å². The van der Waals surface area contributed by atoms with Gasteiger partial charge in [-0.1, -0.05) is 11.6 Å². The second-order valence-electron chi connectivity index (χ2n) is 3.84. The van der Waals surface area contributed by atoms with Gasteiger partial charge in [-0.05, 0) is 18.8 Å². The number of rotatable bonds is 3. The Morgan fingerprint density at radius 3 is 2.87 bits per heavy atom. The van der Waals surface area contributed by atoms with E-state index in [9.17, 15) is 0 Å². The topological polar surface area (TPSA) is 25.4 Å². The van der Waals surface area contributed by atoms with Crippen LogP contribution in [0.2, 0.25) is 5.15 Å². The first kappa shape index (κ1) is 11.2. The van der Waals surface area contributed by atoms with E-state index in [1.807, 2.05) is 5.38 Å². The minimum absolute atomic E-state index is 0.606. The molecule has 1 aromatic heterocycles. The standard InChI is InChI=1S/C10H15ClN2OS/c1-14-6-8-2-4-13(5-3-8)10-12-9(11)7-15-10/h7-8H,2-6H2,1H3. The average molecular weight is 247 g/mol. The minimum atomic E-state index is 0.606. The summed E-state index contributed by atoms with van der Waals surface area (Å²) in [5.74, 6) is 0.710. The largest absolute Gasteiger partial charge is 0.384 e. The Kier molecular flexibility index (Phi) is 3.83. The molecule has 0 radical (unpaired) electrons. The van der Waals surface area contributed by atoms with E-state index < -0.39 is 0 Å². The molecule has 1 aliphatic rings. The SMILES string of the molecule is COCC1CCN(c2nc(Cl)cs2)CC1. The van der Waals surface area contributed by atoms with Crippen molar-refractivity contribution in [2.45, 2.75) is 12.8 Å². The van der Waals surface area contributed by atoms with E-state index in [2.05, 4.69) is 9.88 Å². The zero-order chi connectivity index (χ0) is 10.7. The van der Waals surface area contributed by atoms with Gasteiger partial charge in [-0.2, -0.15) is 0 Å². The highest BCUT2D eigenvalue weighted by molar-refractivity contribution is 7.14. The monoisotopic (exact) mass is 246 g/mol. The highest BCUT2D eigenvalue weighted by Gasteiger charge is 2.20. The maximum absolute atomic E-state index is 5.81. The first-order chi connectivity index (χ1) is 7.29. The number of piperidine rings is 1. The minimum Gasteiger partial charge on any atom is -0.384 e. The van der Waals surface area contributed by atoms with Gasteiger partial charge in [0, 0.05) is 32.2 Å². The van der Waals surface area contributed by atoms with E-state index in [-0.39, 0.29) is 0 Å². The summed E-state index contributed by atoms with van der Waals surface area (Å²) in [6.07, 6.45) is 2.37. The summed E-state index contributed by atoms with van der Waals surface area (Å²) >= 11 is 7.43. The second-order valence-corrected chi connectivity index (χ2v) is 5.06. The van der Waals surface area contributed by atoms with Gasteiger partial charge in [0.2, 0.25) is 0 Å². The van der Waals surface area contributed by atoms with Crippen molar-refractivity contribution in [3.05, 3.63) is 10.5 Å². The van der Waals surface area contributed by atoms with Gasteiger partial charge < -0.3 is 9.64 Å². The van der Waals surface area contributed by atoms with Crippen LogP contribution in [0.25, 0.3) is 0 Å². The third kappa shape index (κ3) is 2.83. The lowest BCUT2D eigenvalue weighted by Crippen LogP contribution is -2.34. The zero-order valence-electron chi connectivity index (χ0n) is 8.78. The molecule has 84 valence electrons. The highest BCUT2D eigenvalue weighted by atomic mass is 35.5. The van der Waals surface area contributed by atoms with Crippen molar-refractivity contribution in [2.75, 3.05) is 31.7 Å². The molecule has 1 aromatic rings. The quantitative estimate of drug-likeness (QED) is 0.820. The molecular weight excluding hydrogens is 232 g/mol. The summed E-state index contributed by atoms with van der Waals surface area (Å²) in [4.78, 5) is 6.59. The number of ether oxygens (including phenoxy) is 1. The van der Waals surface area contributed by atoms with Crippen LogP contribution >= 0.6 is 22.9 Å². The fourth-order valence-electron chi connectivity index (χ4n) is 1.92. The molecule has 3 nitrogen and oxygen atoms in total. The number of halogens is 1. The van der Waals surface area contributed by atoms with E-state index in [1.54, 1.807) is 18.4 Å². The van der Waals surface area contributed by atoms with Crippen molar-refractivity contribution in [1.29, 1.82) is 0 Å². The summed E-state index contributed by atoms with van der Waals surface area (Å²) in [7, 11) is 1.77. The summed E-state index contributed by atoms with van der Waals surface area (Å²) in [6.45, 7) is 3.02. The smallest absolute Gasteiger partial charge is 0.186 e. The molecule has 0 atom stereocenters. The van der Waals surface area contributed by atoms with Crippen LogP contribution in [0.5, 0.6) is 0 Å². The van der Waals surface area contributed by atoms with E-state index in [1.165, 1.54) is 12.8 Å². The molecule has 5 heteroatoms. The van der Waals surface area contributed by atoms with Crippen LogP contribution in [0.3, 0.4) is 0 Å². The number of hydrogen-bond donors (Lipinski definition) is 0. The fourth-order valence-corrected chi connectivity index (χ4v) is 2.92. The third-order valence-corrected chi connectivity index (χ3v) is 3.98. The normalized spacial score (nSPS) is 18.4. The Morgan fingerprint density at radius 1 is 1.60 bits per heavy atom. The van der Waals surface area contributed by atoms with Gasteiger partial charge in [-0.3, -0.25) is 0 Å². The lowest BCUT2D eigenvalue weighted by molar-refractivity contribution is 0.139. The van der Waals surface area contributed by atoms with Crippen LogP contribution in [-0.4, -0.2) is 31.8 Å². The maximum Gasteiger partial charge on any atom is 0.186 e. The van der Waals surface area contributed by atoms with Crippen LogP contribution in [0, 0.1) is 5.92 Å². The molecule has 0 spiro atoms. The number of aromatic nitrogens is 1. The molecule has 2 rings (SSSR count). The Balaban J connectivity index is 1.88. The van der Waals surface area contributed by atoms with Gasteiger partial charge in [-0.15, -0.1) is 11.3 Å². The van der Waals surface area contributed by atoms with Crippen molar-refractivity contribution in [3.8, 4) is 0 Å². The number of nitrogens with zero attached hydrogens (tertiary/aromatic N) is 2. The molecule has 0 aromatic carbocycles. The fraction of sp³-hybridized carbons (Fsp3) is 0.700. The van der Waals surface area contributed by atoms with Gasteiger partial charge in [0.15, 0.2) is 5.13 Å². The molecule has 0 amide bonds. The first-order valence-corrected chi connectivity index (χ1v) is 6.40. The zero-order valence-corrected chi connectivity index (χ0v) is 10.4. The molecule has 0 unspecified atom stereocenters. The van der Waals surface area contributed by atoms with Crippen molar-refractivity contribution in [3.63, 3.8) is 0 Å². The van der Waals surface area contributed by atoms with Crippen molar-refractivity contribution < 1.29 is 4.74 Å². The lowest BCUT2D eigenvalue weighted by Gasteiger charge is -2.31. The predicted molar refractivity (Wildman–Crippen MR) is 63.9 cm³/mol. The van der Waals surface area contributed by atoms with Gasteiger partial charge >= 0.3 is 0 Å². The van der Waals surface area contributed by atoms with Crippen molar-refractivity contribution in [2.24, 2.45) is 5.92 Å². The van der Waals surface area contributed by atoms with Crippen LogP contribution in [0.4, 0.5) is 5.13 Å². The average Bonchev–Trinajstić information content (AvgIpc) is 2.67. The molecule has 0 bridgehead atoms. The number of anilines is 1. The van der Waals surface area contributed by atoms with Crippen LogP contribution in [0.1, 0.15) is 12.8 Å². The highest BCUT2D eigenvalue weighted by Crippen LogP contribution is 2.27. The van der Waals surface area contributed by atoms with Gasteiger partial charge in [-0.25, -0.2) is 4.98 Å². The Hall–Kier alpha value is -0.320. The Morgan fingerprint density at radius 2 is 2.33 bits per heavy atom.